The predicted molar refractivity (Wildman–Crippen MR) is 82.3 cm³/mol. The Kier molecular flexibility index (Phi) is 3.75. The van der Waals surface area contributed by atoms with Crippen molar-refractivity contribution in [3.63, 3.8) is 0 Å². The molecule has 0 bridgehead atoms. The summed E-state index contributed by atoms with van der Waals surface area (Å²) < 4.78 is 5.09. The molecule has 1 aromatic heterocycles. The van der Waals surface area contributed by atoms with E-state index in [1.807, 2.05) is 17.5 Å². The van der Waals surface area contributed by atoms with E-state index in [2.05, 4.69) is 0 Å². The second kappa shape index (κ2) is 5.69. The van der Waals surface area contributed by atoms with Crippen molar-refractivity contribution in [2.24, 2.45) is 0 Å². The molecule has 0 N–H and O–H groups in total. The lowest BCUT2D eigenvalue weighted by Gasteiger charge is -2.15. The van der Waals surface area contributed by atoms with Crippen molar-refractivity contribution in [2.75, 3.05) is 18.6 Å². The minimum absolute atomic E-state index is 0.0254. The molecule has 4 nitrogen and oxygen atoms in total. The zero-order valence-corrected chi connectivity index (χ0v) is 12.5. The van der Waals surface area contributed by atoms with Crippen molar-refractivity contribution < 1.29 is 14.3 Å². The topological polar surface area (TPSA) is 46.6 Å². The lowest BCUT2D eigenvalue weighted by molar-refractivity contribution is -0.117. The third kappa shape index (κ3) is 2.69. The molecule has 3 rings (SSSR count). The van der Waals surface area contributed by atoms with Gasteiger partial charge < -0.3 is 9.64 Å². The fraction of sp³-hybridized carbons (Fsp3) is 0.250. The zero-order chi connectivity index (χ0) is 14.8. The molecule has 1 fully saturated rings. The van der Waals surface area contributed by atoms with Gasteiger partial charge in [-0.05, 0) is 30.7 Å². The molecule has 0 unspecified atom stereocenters. The van der Waals surface area contributed by atoms with Gasteiger partial charge in [0.25, 0.3) is 0 Å². The van der Waals surface area contributed by atoms with Crippen LogP contribution in [0.4, 0.5) is 5.69 Å². The van der Waals surface area contributed by atoms with Gasteiger partial charge in [-0.3, -0.25) is 9.59 Å². The van der Waals surface area contributed by atoms with E-state index in [1.165, 1.54) is 11.3 Å². The van der Waals surface area contributed by atoms with Crippen molar-refractivity contribution in [1.82, 2.24) is 0 Å². The van der Waals surface area contributed by atoms with Crippen molar-refractivity contribution in [3.05, 3.63) is 46.2 Å². The van der Waals surface area contributed by atoms with E-state index in [1.54, 1.807) is 30.2 Å². The summed E-state index contributed by atoms with van der Waals surface area (Å²) in [5, 5.41) is 1.81. The molecular formula is C16H15NO3S. The summed E-state index contributed by atoms with van der Waals surface area (Å²) in [6, 6.07) is 8.96. The van der Waals surface area contributed by atoms with E-state index in [4.69, 9.17) is 4.74 Å². The van der Waals surface area contributed by atoms with Crippen molar-refractivity contribution in [3.8, 4) is 5.75 Å². The summed E-state index contributed by atoms with van der Waals surface area (Å²) in [7, 11) is 1.58. The predicted octanol–water partition coefficient (Wildman–Crippen LogP) is 3.11. The molecule has 0 aliphatic carbocycles. The summed E-state index contributed by atoms with van der Waals surface area (Å²) in [6.07, 6.45) is 1.50. The normalized spacial score (nSPS) is 14.5. The molecule has 1 saturated heterocycles. The van der Waals surface area contributed by atoms with Gasteiger partial charge in [0.1, 0.15) is 5.75 Å². The zero-order valence-electron chi connectivity index (χ0n) is 11.7. The number of hydrogen-bond acceptors (Lipinski definition) is 4. The van der Waals surface area contributed by atoms with E-state index in [0.29, 0.717) is 22.6 Å². The van der Waals surface area contributed by atoms with Crippen LogP contribution in [0.2, 0.25) is 0 Å². The second-order valence-electron chi connectivity index (χ2n) is 4.88. The first-order valence-electron chi connectivity index (χ1n) is 6.76. The molecule has 0 spiro atoms. The molecule has 21 heavy (non-hydrogen) atoms. The standard InChI is InChI=1S/C16H15NO3S/c1-20-13-9-14(21-10-13)16(19)11-4-6-12(7-5-11)17-8-2-3-15(17)18/h4-7,9-10H,2-3,8H2,1H3. The van der Waals surface area contributed by atoms with E-state index in [0.717, 1.165) is 18.7 Å². The Bertz CT molecular complexity index is 675. The van der Waals surface area contributed by atoms with Gasteiger partial charge in [-0.1, -0.05) is 0 Å². The summed E-state index contributed by atoms with van der Waals surface area (Å²) in [6.45, 7) is 0.758. The number of methoxy groups -OCH3 is 1. The van der Waals surface area contributed by atoms with Crippen LogP contribution >= 0.6 is 11.3 Å². The van der Waals surface area contributed by atoms with E-state index >= 15 is 0 Å². The second-order valence-corrected chi connectivity index (χ2v) is 5.79. The maximum atomic E-state index is 12.3. The number of hydrogen-bond donors (Lipinski definition) is 0. The molecule has 0 atom stereocenters. The highest BCUT2D eigenvalue weighted by molar-refractivity contribution is 7.12. The molecule has 1 aliphatic heterocycles. The number of anilines is 1. The van der Waals surface area contributed by atoms with E-state index in [-0.39, 0.29) is 11.7 Å². The maximum absolute atomic E-state index is 12.3. The van der Waals surface area contributed by atoms with Crippen LogP contribution in [0.25, 0.3) is 0 Å². The molecule has 0 saturated carbocycles. The van der Waals surface area contributed by atoms with Gasteiger partial charge in [-0.25, -0.2) is 0 Å². The number of carbonyl (C=O) groups is 2. The Morgan fingerprint density at radius 1 is 1.29 bits per heavy atom. The molecular weight excluding hydrogens is 286 g/mol. The number of nitrogens with zero attached hydrogens (tertiary/aromatic N) is 1. The number of ketones is 1. The monoisotopic (exact) mass is 301 g/mol. The summed E-state index contributed by atoms with van der Waals surface area (Å²) in [4.78, 5) is 26.5. The first-order chi connectivity index (χ1) is 10.2. The number of thiophene rings is 1. The molecule has 0 radical (unpaired) electrons. The Morgan fingerprint density at radius 3 is 2.62 bits per heavy atom. The third-order valence-corrected chi connectivity index (χ3v) is 4.46. The minimum Gasteiger partial charge on any atom is -0.496 e. The van der Waals surface area contributed by atoms with Crippen LogP contribution in [0.1, 0.15) is 28.1 Å². The molecule has 2 heterocycles. The summed E-state index contributed by atoms with van der Waals surface area (Å²) in [5.41, 5.74) is 1.48. The summed E-state index contributed by atoms with van der Waals surface area (Å²) in [5.74, 6) is 0.822. The lowest BCUT2D eigenvalue weighted by Crippen LogP contribution is -2.23. The highest BCUT2D eigenvalue weighted by Gasteiger charge is 2.22. The van der Waals surface area contributed by atoms with Gasteiger partial charge in [0.05, 0.1) is 12.0 Å². The largest absolute Gasteiger partial charge is 0.496 e. The van der Waals surface area contributed by atoms with Gasteiger partial charge in [0.15, 0.2) is 0 Å². The van der Waals surface area contributed by atoms with Crippen LogP contribution in [-0.4, -0.2) is 25.3 Å². The molecule has 5 heteroatoms. The number of rotatable bonds is 4. The van der Waals surface area contributed by atoms with E-state index in [9.17, 15) is 9.59 Å². The number of benzene rings is 1. The van der Waals surface area contributed by atoms with Crippen LogP contribution in [0.15, 0.2) is 35.7 Å². The summed E-state index contributed by atoms with van der Waals surface area (Å²) >= 11 is 1.37. The highest BCUT2D eigenvalue weighted by Crippen LogP contribution is 2.26. The van der Waals surface area contributed by atoms with Crippen LogP contribution in [-0.2, 0) is 4.79 Å². The molecule has 1 aliphatic rings. The number of carbonyl (C=O) groups excluding carboxylic acids is 2. The highest BCUT2D eigenvalue weighted by atomic mass is 32.1. The number of amides is 1. The van der Waals surface area contributed by atoms with Gasteiger partial charge in [0.2, 0.25) is 11.7 Å². The van der Waals surface area contributed by atoms with Crippen LogP contribution in [0.3, 0.4) is 0 Å². The molecule has 108 valence electrons. The van der Waals surface area contributed by atoms with Crippen molar-refractivity contribution >= 4 is 28.7 Å². The average Bonchev–Trinajstić information content (AvgIpc) is 3.15. The van der Waals surface area contributed by atoms with Crippen LogP contribution in [0.5, 0.6) is 5.75 Å². The van der Waals surface area contributed by atoms with E-state index < -0.39 is 0 Å². The Balaban J connectivity index is 1.80. The average molecular weight is 301 g/mol. The van der Waals surface area contributed by atoms with Gasteiger partial charge in [0, 0.05) is 35.7 Å². The molecule has 1 aromatic carbocycles. The van der Waals surface area contributed by atoms with Crippen molar-refractivity contribution in [1.29, 1.82) is 0 Å². The van der Waals surface area contributed by atoms with Gasteiger partial charge in [-0.2, -0.15) is 0 Å². The Hall–Kier alpha value is -2.14. The fourth-order valence-electron chi connectivity index (χ4n) is 2.40. The molecule has 2 aromatic rings. The number of ether oxygens (including phenoxy) is 1. The Labute approximate surface area is 127 Å². The first kappa shape index (κ1) is 13.8. The SMILES string of the molecule is COc1csc(C(=O)c2ccc(N3CCCC3=O)cc2)c1. The van der Waals surface area contributed by atoms with Crippen LogP contribution < -0.4 is 9.64 Å². The third-order valence-electron chi connectivity index (χ3n) is 3.55. The quantitative estimate of drug-likeness (QED) is 0.815. The Morgan fingerprint density at radius 2 is 2.05 bits per heavy atom. The van der Waals surface area contributed by atoms with Gasteiger partial charge >= 0.3 is 0 Å². The molecule has 1 amide bonds. The maximum Gasteiger partial charge on any atom is 0.227 e. The van der Waals surface area contributed by atoms with Gasteiger partial charge in [-0.15, -0.1) is 11.3 Å². The lowest BCUT2D eigenvalue weighted by atomic mass is 10.1. The van der Waals surface area contributed by atoms with Crippen LogP contribution in [0, 0.1) is 0 Å². The smallest absolute Gasteiger partial charge is 0.227 e. The fourth-order valence-corrected chi connectivity index (χ4v) is 3.22. The first-order valence-corrected chi connectivity index (χ1v) is 7.64. The van der Waals surface area contributed by atoms with Crippen molar-refractivity contribution in [2.45, 2.75) is 12.8 Å². The minimum atomic E-state index is -0.0254.